The molecular formula is C14H13N5O. The zero-order chi connectivity index (χ0) is 13.8. The summed E-state index contributed by atoms with van der Waals surface area (Å²) in [4.78, 5) is 0. The predicted molar refractivity (Wildman–Crippen MR) is 75.9 cm³/mol. The van der Waals surface area contributed by atoms with E-state index in [1.807, 2.05) is 48.5 Å². The molecule has 1 heterocycles. The van der Waals surface area contributed by atoms with Crippen LogP contribution in [0.25, 0.3) is 11.4 Å². The van der Waals surface area contributed by atoms with Crippen LogP contribution >= 0.6 is 0 Å². The van der Waals surface area contributed by atoms with Crippen LogP contribution in [0.4, 0.5) is 11.4 Å². The molecule has 6 heteroatoms. The Morgan fingerprint density at radius 2 is 1.85 bits per heavy atom. The van der Waals surface area contributed by atoms with Gasteiger partial charge in [-0.2, -0.15) is 5.21 Å². The number of rotatable bonds is 4. The number of aromatic nitrogens is 4. The number of tetrazole rings is 1. The Morgan fingerprint density at radius 1 is 1.05 bits per heavy atom. The third-order valence-electron chi connectivity index (χ3n) is 2.88. The van der Waals surface area contributed by atoms with Gasteiger partial charge >= 0.3 is 0 Å². The van der Waals surface area contributed by atoms with Crippen molar-refractivity contribution in [2.75, 3.05) is 12.4 Å². The van der Waals surface area contributed by atoms with Crippen molar-refractivity contribution in [2.45, 2.75) is 0 Å². The lowest BCUT2D eigenvalue weighted by molar-refractivity contribution is 0.415. The molecule has 0 aliphatic rings. The highest BCUT2D eigenvalue weighted by Gasteiger charge is 2.08. The van der Waals surface area contributed by atoms with E-state index in [1.54, 1.807) is 7.11 Å². The highest BCUT2D eigenvalue weighted by atomic mass is 16.5. The fraction of sp³-hybridized carbons (Fsp3) is 0.0714. The summed E-state index contributed by atoms with van der Waals surface area (Å²) in [6.07, 6.45) is 0. The molecule has 6 nitrogen and oxygen atoms in total. The molecule has 0 fully saturated rings. The van der Waals surface area contributed by atoms with Crippen molar-refractivity contribution in [3.05, 3.63) is 48.5 Å². The third kappa shape index (κ3) is 2.44. The summed E-state index contributed by atoms with van der Waals surface area (Å²) in [6, 6.07) is 15.5. The zero-order valence-corrected chi connectivity index (χ0v) is 10.9. The van der Waals surface area contributed by atoms with Gasteiger partial charge in [-0.3, -0.25) is 0 Å². The standard InChI is InChI=1S/C14H13N5O/c1-20-11-8-6-10(7-9-11)15-13-5-3-2-4-12(13)14-16-18-19-17-14/h2-9,15H,1H3,(H,16,17,18,19). The van der Waals surface area contributed by atoms with E-state index in [4.69, 9.17) is 4.74 Å². The highest BCUT2D eigenvalue weighted by molar-refractivity contribution is 5.77. The summed E-state index contributed by atoms with van der Waals surface area (Å²) in [5.41, 5.74) is 2.76. The maximum atomic E-state index is 5.14. The number of hydrogen-bond donors (Lipinski definition) is 2. The summed E-state index contributed by atoms with van der Waals surface area (Å²) in [6.45, 7) is 0. The number of H-pyrrole nitrogens is 1. The summed E-state index contributed by atoms with van der Waals surface area (Å²) in [5, 5.41) is 17.4. The van der Waals surface area contributed by atoms with E-state index in [9.17, 15) is 0 Å². The van der Waals surface area contributed by atoms with Gasteiger partial charge < -0.3 is 10.1 Å². The fourth-order valence-electron chi connectivity index (χ4n) is 1.89. The number of methoxy groups -OCH3 is 1. The minimum atomic E-state index is 0.557. The summed E-state index contributed by atoms with van der Waals surface area (Å²) in [5.74, 6) is 1.38. The molecule has 0 aliphatic heterocycles. The Bertz CT molecular complexity index is 679. The fourth-order valence-corrected chi connectivity index (χ4v) is 1.89. The van der Waals surface area contributed by atoms with Crippen molar-refractivity contribution in [1.82, 2.24) is 20.6 Å². The third-order valence-corrected chi connectivity index (χ3v) is 2.88. The molecular weight excluding hydrogens is 254 g/mol. The van der Waals surface area contributed by atoms with Gasteiger partial charge in [0.1, 0.15) is 5.75 Å². The molecule has 0 saturated heterocycles. The Morgan fingerprint density at radius 3 is 2.55 bits per heavy atom. The average Bonchev–Trinajstić information content (AvgIpc) is 3.03. The molecule has 0 atom stereocenters. The molecule has 0 amide bonds. The number of benzene rings is 2. The monoisotopic (exact) mass is 267 g/mol. The lowest BCUT2D eigenvalue weighted by Crippen LogP contribution is -1.94. The Balaban J connectivity index is 1.90. The van der Waals surface area contributed by atoms with Crippen LogP contribution in [0.3, 0.4) is 0 Å². The van der Waals surface area contributed by atoms with Gasteiger partial charge in [0.15, 0.2) is 0 Å². The number of ether oxygens (including phenoxy) is 1. The predicted octanol–water partition coefficient (Wildman–Crippen LogP) is 2.62. The first-order chi connectivity index (χ1) is 9.86. The van der Waals surface area contributed by atoms with Gasteiger partial charge in [-0.25, -0.2) is 0 Å². The summed E-state index contributed by atoms with van der Waals surface area (Å²) in [7, 11) is 1.65. The van der Waals surface area contributed by atoms with Crippen molar-refractivity contribution < 1.29 is 4.74 Å². The van der Waals surface area contributed by atoms with Crippen LogP contribution in [-0.4, -0.2) is 27.7 Å². The van der Waals surface area contributed by atoms with Crippen LogP contribution < -0.4 is 10.1 Å². The van der Waals surface area contributed by atoms with Gasteiger partial charge in [0.25, 0.3) is 0 Å². The second-order valence-electron chi connectivity index (χ2n) is 4.13. The van der Waals surface area contributed by atoms with Gasteiger partial charge in [0, 0.05) is 16.9 Å². The number of hydrogen-bond acceptors (Lipinski definition) is 5. The van der Waals surface area contributed by atoms with E-state index < -0.39 is 0 Å². The molecule has 2 N–H and O–H groups in total. The molecule has 0 radical (unpaired) electrons. The zero-order valence-electron chi connectivity index (χ0n) is 10.9. The first-order valence-electron chi connectivity index (χ1n) is 6.11. The molecule has 0 spiro atoms. The van der Waals surface area contributed by atoms with Crippen LogP contribution in [0.2, 0.25) is 0 Å². The normalized spacial score (nSPS) is 10.2. The first-order valence-corrected chi connectivity index (χ1v) is 6.11. The van der Waals surface area contributed by atoms with E-state index in [2.05, 4.69) is 25.9 Å². The highest BCUT2D eigenvalue weighted by Crippen LogP contribution is 2.27. The second-order valence-corrected chi connectivity index (χ2v) is 4.13. The number of aromatic amines is 1. The largest absolute Gasteiger partial charge is 0.497 e. The topological polar surface area (TPSA) is 75.7 Å². The lowest BCUT2D eigenvalue weighted by Gasteiger charge is -2.10. The van der Waals surface area contributed by atoms with E-state index in [-0.39, 0.29) is 0 Å². The Hall–Kier alpha value is -2.89. The molecule has 0 saturated carbocycles. The number of nitrogens with zero attached hydrogens (tertiary/aromatic N) is 3. The molecule has 20 heavy (non-hydrogen) atoms. The lowest BCUT2D eigenvalue weighted by atomic mass is 10.1. The quantitative estimate of drug-likeness (QED) is 0.760. The Kier molecular flexibility index (Phi) is 3.28. The number of anilines is 2. The maximum Gasteiger partial charge on any atom is 0.206 e. The molecule has 0 aliphatic carbocycles. The minimum absolute atomic E-state index is 0.557. The van der Waals surface area contributed by atoms with Crippen molar-refractivity contribution in [2.24, 2.45) is 0 Å². The van der Waals surface area contributed by atoms with Gasteiger partial charge in [0.2, 0.25) is 5.82 Å². The second kappa shape index (κ2) is 5.40. The molecule has 0 unspecified atom stereocenters. The van der Waals surface area contributed by atoms with E-state index in [0.29, 0.717) is 5.82 Å². The van der Waals surface area contributed by atoms with E-state index in [0.717, 1.165) is 22.7 Å². The molecule has 2 aromatic carbocycles. The molecule has 100 valence electrons. The smallest absolute Gasteiger partial charge is 0.206 e. The van der Waals surface area contributed by atoms with Crippen molar-refractivity contribution in [1.29, 1.82) is 0 Å². The van der Waals surface area contributed by atoms with Gasteiger partial charge in [-0.1, -0.05) is 12.1 Å². The van der Waals surface area contributed by atoms with Crippen molar-refractivity contribution >= 4 is 11.4 Å². The van der Waals surface area contributed by atoms with Crippen LogP contribution in [-0.2, 0) is 0 Å². The number of para-hydroxylation sites is 1. The number of nitrogens with one attached hydrogen (secondary N) is 2. The first kappa shape index (κ1) is 12.2. The maximum absolute atomic E-state index is 5.14. The van der Waals surface area contributed by atoms with Crippen LogP contribution in [0.5, 0.6) is 5.75 Å². The average molecular weight is 267 g/mol. The Labute approximate surface area is 115 Å². The van der Waals surface area contributed by atoms with Crippen LogP contribution in [0, 0.1) is 0 Å². The van der Waals surface area contributed by atoms with E-state index >= 15 is 0 Å². The molecule has 3 rings (SSSR count). The van der Waals surface area contributed by atoms with Crippen molar-refractivity contribution in [3.63, 3.8) is 0 Å². The van der Waals surface area contributed by atoms with Crippen molar-refractivity contribution in [3.8, 4) is 17.1 Å². The molecule has 1 aromatic heterocycles. The SMILES string of the molecule is COc1ccc(Nc2ccccc2-c2nn[nH]n2)cc1. The molecule has 0 bridgehead atoms. The van der Waals surface area contributed by atoms with Crippen LogP contribution in [0.15, 0.2) is 48.5 Å². The summed E-state index contributed by atoms with van der Waals surface area (Å²) < 4.78 is 5.14. The van der Waals surface area contributed by atoms with Gasteiger partial charge in [-0.05, 0) is 41.6 Å². The summed E-state index contributed by atoms with van der Waals surface area (Å²) >= 11 is 0. The van der Waals surface area contributed by atoms with Gasteiger partial charge in [-0.15, -0.1) is 10.2 Å². The molecule has 3 aromatic rings. The van der Waals surface area contributed by atoms with Crippen LogP contribution in [0.1, 0.15) is 0 Å². The minimum Gasteiger partial charge on any atom is -0.497 e. The van der Waals surface area contributed by atoms with E-state index in [1.165, 1.54) is 0 Å². The van der Waals surface area contributed by atoms with Gasteiger partial charge in [0.05, 0.1) is 7.11 Å².